The number of hydrogen-bond acceptors (Lipinski definition) is 7. The number of aromatic amines is 2. The van der Waals surface area contributed by atoms with E-state index in [2.05, 4.69) is 53.3 Å². The largest absolute Gasteiger partial charge is 0.393 e. The maximum absolute atomic E-state index is 13.0. The fourth-order valence-electron chi connectivity index (χ4n) is 5.64. The molecule has 0 bridgehead atoms. The molecular formula is C24H26F3N7S2. The van der Waals surface area contributed by atoms with Gasteiger partial charge in [-0.05, 0) is 55.4 Å². The zero-order valence-electron chi connectivity index (χ0n) is 19.7. The fraction of sp³-hybridized carbons (Fsp3) is 0.458. The van der Waals surface area contributed by atoms with Crippen molar-refractivity contribution < 1.29 is 13.2 Å². The van der Waals surface area contributed by atoms with E-state index in [-0.39, 0.29) is 10.3 Å². The molecule has 1 atom stereocenters. The molecule has 3 aromatic heterocycles. The van der Waals surface area contributed by atoms with E-state index >= 15 is 0 Å². The van der Waals surface area contributed by atoms with Gasteiger partial charge in [0.05, 0.1) is 22.8 Å². The number of benzene rings is 1. The number of nitrogens with zero attached hydrogens (tertiary/aromatic N) is 4. The van der Waals surface area contributed by atoms with Gasteiger partial charge in [-0.3, -0.25) is 4.90 Å². The first-order valence-corrected chi connectivity index (χ1v) is 13.1. The minimum absolute atomic E-state index is 0.153. The summed E-state index contributed by atoms with van der Waals surface area (Å²) in [6.07, 6.45) is -3.06. The van der Waals surface area contributed by atoms with Gasteiger partial charge in [-0.15, -0.1) is 11.3 Å². The summed E-state index contributed by atoms with van der Waals surface area (Å²) in [6.45, 7) is 4.55. The molecule has 1 unspecified atom stereocenters. The standard InChI is InChI=1S/C24H26F3N7S2/c1-28-21-31-19(16-9-15(10-24(25,26)27)36-20(16)32-21)34-7-5-23(13-34)4-6-33(12-23)11-14-2-3-17-18(8-14)30-22(35)29-17/h2-3,8-9H,4-7,10-13H2,1H3,(H,28,31,32)(H2,29,30,35). The second-order valence-electron chi connectivity index (χ2n) is 9.94. The summed E-state index contributed by atoms with van der Waals surface area (Å²) in [7, 11) is 1.73. The first-order valence-electron chi connectivity index (χ1n) is 11.9. The van der Waals surface area contributed by atoms with Crippen LogP contribution in [0.5, 0.6) is 0 Å². The van der Waals surface area contributed by atoms with Crippen LogP contribution in [-0.2, 0) is 13.0 Å². The Hall–Kier alpha value is -2.70. The molecule has 3 N–H and O–H groups in total. The molecular weight excluding hydrogens is 507 g/mol. The van der Waals surface area contributed by atoms with Gasteiger partial charge >= 0.3 is 6.18 Å². The summed E-state index contributed by atoms with van der Waals surface area (Å²) >= 11 is 6.30. The third-order valence-corrected chi connectivity index (χ3v) is 8.50. The summed E-state index contributed by atoms with van der Waals surface area (Å²) in [4.78, 5) is 21.0. The summed E-state index contributed by atoms with van der Waals surface area (Å²) in [6, 6.07) is 7.98. The molecule has 36 heavy (non-hydrogen) atoms. The number of anilines is 2. The Bertz CT molecular complexity index is 1490. The number of imidazole rings is 1. The maximum atomic E-state index is 13.0. The molecule has 0 saturated carbocycles. The number of likely N-dealkylation sites (tertiary alicyclic amines) is 1. The molecule has 0 radical (unpaired) electrons. The highest BCUT2D eigenvalue weighted by molar-refractivity contribution is 7.71. The summed E-state index contributed by atoms with van der Waals surface area (Å²) < 4.78 is 39.7. The van der Waals surface area contributed by atoms with Gasteiger partial charge in [0.2, 0.25) is 5.95 Å². The highest BCUT2D eigenvalue weighted by Crippen LogP contribution is 2.43. The van der Waals surface area contributed by atoms with Crippen LogP contribution in [0.3, 0.4) is 0 Å². The minimum Gasteiger partial charge on any atom is -0.357 e. The third-order valence-electron chi connectivity index (χ3n) is 7.26. The van der Waals surface area contributed by atoms with Crippen LogP contribution < -0.4 is 10.2 Å². The van der Waals surface area contributed by atoms with Crippen LogP contribution in [0.25, 0.3) is 21.3 Å². The zero-order valence-corrected chi connectivity index (χ0v) is 21.3. The fourth-order valence-corrected chi connectivity index (χ4v) is 6.91. The van der Waals surface area contributed by atoms with Crippen molar-refractivity contribution in [3.05, 3.63) is 39.5 Å². The molecule has 2 aliphatic rings. The first-order chi connectivity index (χ1) is 17.2. The maximum Gasteiger partial charge on any atom is 0.393 e. The van der Waals surface area contributed by atoms with Gasteiger partial charge in [0.1, 0.15) is 10.6 Å². The van der Waals surface area contributed by atoms with E-state index < -0.39 is 12.6 Å². The van der Waals surface area contributed by atoms with Gasteiger partial charge in [0, 0.05) is 43.5 Å². The average Bonchev–Trinajstić information content (AvgIpc) is 3.58. The zero-order chi connectivity index (χ0) is 25.1. The quantitative estimate of drug-likeness (QED) is 0.295. The van der Waals surface area contributed by atoms with E-state index in [1.165, 1.54) is 5.56 Å². The second-order valence-corrected chi connectivity index (χ2v) is 11.5. The minimum atomic E-state index is -4.25. The lowest BCUT2D eigenvalue weighted by atomic mass is 9.86. The predicted molar refractivity (Wildman–Crippen MR) is 139 cm³/mol. The SMILES string of the molecule is CNc1nc(N2CCC3(CCN(Cc4ccc5[nH]c(=S)[nH]c5c4)C3)C2)c2cc(CC(F)(F)F)sc2n1. The van der Waals surface area contributed by atoms with Crippen molar-refractivity contribution in [2.24, 2.45) is 5.41 Å². The molecule has 4 aromatic rings. The van der Waals surface area contributed by atoms with Crippen molar-refractivity contribution in [1.29, 1.82) is 0 Å². The summed E-state index contributed by atoms with van der Waals surface area (Å²) in [5.74, 6) is 1.17. The molecule has 5 heterocycles. The Kier molecular flexibility index (Phi) is 5.73. The number of nitrogens with one attached hydrogen (secondary N) is 3. The second kappa shape index (κ2) is 8.70. The van der Waals surface area contributed by atoms with Gasteiger partial charge in [0.15, 0.2) is 4.77 Å². The number of fused-ring (bicyclic) bond motifs is 2. The highest BCUT2D eigenvalue weighted by atomic mass is 32.1. The summed E-state index contributed by atoms with van der Waals surface area (Å²) in [5, 5.41) is 3.68. The number of thiophene rings is 1. The van der Waals surface area contributed by atoms with E-state index in [1.807, 2.05) is 0 Å². The van der Waals surface area contributed by atoms with Crippen molar-refractivity contribution in [3.63, 3.8) is 0 Å². The van der Waals surface area contributed by atoms with E-state index in [9.17, 15) is 13.2 Å². The topological polar surface area (TPSA) is 75.9 Å². The van der Waals surface area contributed by atoms with Crippen LogP contribution in [0, 0.1) is 10.2 Å². The van der Waals surface area contributed by atoms with Crippen LogP contribution in [0.15, 0.2) is 24.3 Å². The van der Waals surface area contributed by atoms with Crippen molar-refractivity contribution in [3.8, 4) is 0 Å². The molecule has 2 aliphatic heterocycles. The molecule has 190 valence electrons. The van der Waals surface area contributed by atoms with Gasteiger partial charge in [0.25, 0.3) is 0 Å². The Balaban J connectivity index is 1.20. The van der Waals surface area contributed by atoms with Crippen molar-refractivity contribution >= 4 is 56.6 Å². The Morgan fingerprint density at radius 3 is 2.72 bits per heavy atom. The normalized spacial score (nSPS) is 20.9. The number of rotatable bonds is 5. The van der Waals surface area contributed by atoms with Crippen LogP contribution in [0.4, 0.5) is 24.9 Å². The van der Waals surface area contributed by atoms with E-state index in [0.29, 0.717) is 20.9 Å². The molecule has 12 heteroatoms. The van der Waals surface area contributed by atoms with E-state index in [4.69, 9.17) is 12.2 Å². The third kappa shape index (κ3) is 4.57. The van der Waals surface area contributed by atoms with E-state index in [1.54, 1.807) is 13.1 Å². The summed E-state index contributed by atoms with van der Waals surface area (Å²) in [5.41, 5.74) is 3.43. The van der Waals surface area contributed by atoms with Gasteiger partial charge < -0.3 is 20.2 Å². The molecule has 2 fully saturated rings. The van der Waals surface area contributed by atoms with Crippen LogP contribution in [0.1, 0.15) is 23.3 Å². The molecule has 6 rings (SSSR count). The van der Waals surface area contributed by atoms with Crippen LogP contribution in [0.2, 0.25) is 0 Å². The highest BCUT2D eigenvalue weighted by Gasteiger charge is 2.44. The number of hydrogen-bond donors (Lipinski definition) is 3. The van der Waals surface area contributed by atoms with Crippen LogP contribution in [-0.4, -0.2) is 64.2 Å². The Morgan fingerprint density at radius 1 is 1.11 bits per heavy atom. The molecule has 7 nitrogen and oxygen atoms in total. The van der Waals surface area contributed by atoms with Crippen molar-refractivity contribution in [2.75, 3.05) is 43.4 Å². The molecule has 0 amide bonds. The molecule has 1 spiro atoms. The average molecular weight is 534 g/mol. The first kappa shape index (κ1) is 23.7. The molecule has 0 aliphatic carbocycles. The lowest BCUT2D eigenvalue weighted by molar-refractivity contribution is -0.126. The monoisotopic (exact) mass is 533 g/mol. The Labute approximate surface area is 214 Å². The van der Waals surface area contributed by atoms with Crippen molar-refractivity contribution in [1.82, 2.24) is 24.8 Å². The van der Waals surface area contributed by atoms with E-state index in [0.717, 1.165) is 73.8 Å². The Morgan fingerprint density at radius 2 is 1.92 bits per heavy atom. The lowest BCUT2D eigenvalue weighted by Crippen LogP contribution is -2.31. The van der Waals surface area contributed by atoms with Crippen LogP contribution >= 0.6 is 23.6 Å². The molecule has 2 saturated heterocycles. The lowest BCUT2D eigenvalue weighted by Gasteiger charge is -2.25. The number of halogens is 3. The van der Waals surface area contributed by atoms with Crippen molar-refractivity contribution in [2.45, 2.75) is 32.0 Å². The van der Waals surface area contributed by atoms with Gasteiger partial charge in [-0.1, -0.05) is 6.07 Å². The van der Waals surface area contributed by atoms with Gasteiger partial charge in [-0.2, -0.15) is 18.2 Å². The molecule has 1 aromatic carbocycles. The van der Waals surface area contributed by atoms with Gasteiger partial charge in [-0.25, -0.2) is 4.98 Å². The smallest absolute Gasteiger partial charge is 0.357 e. The number of aromatic nitrogens is 4. The number of alkyl halides is 3. The predicted octanol–water partition coefficient (Wildman–Crippen LogP) is 5.48. The number of H-pyrrole nitrogens is 2.